The van der Waals surface area contributed by atoms with Gasteiger partial charge in [0.1, 0.15) is 12.0 Å². The Morgan fingerprint density at radius 1 is 1.14 bits per heavy atom. The van der Waals surface area contributed by atoms with E-state index in [1.807, 2.05) is 0 Å². The Morgan fingerprint density at radius 2 is 1.86 bits per heavy atom. The van der Waals surface area contributed by atoms with E-state index < -0.39 is 42.2 Å². The predicted octanol–water partition coefficient (Wildman–Crippen LogP) is 3.94. The van der Waals surface area contributed by atoms with Gasteiger partial charge in [0.2, 0.25) is 5.28 Å². The van der Waals surface area contributed by atoms with E-state index in [0.29, 0.717) is 35.5 Å². The van der Waals surface area contributed by atoms with Gasteiger partial charge in [-0.05, 0) is 34.9 Å². The number of ether oxygens (including phenoxy) is 2. The first-order valence-electron chi connectivity index (χ1n) is 12.8. The van der Waals surface area contributed by atoms with Crippen molar-refractivity contribution in [2.75, 3.05) is 11.9 Å². The van der Waals surface area contributed by atoms with E-state index in [-0.39, 0.29) is 17.7 Å². The van der Waals surface area contributed by atoms with Crippen molar-refractivity contribution in [1.29, 1.82) is 0 Å². The van der Waals surface area contributed by atoms with Gasteiger partial charge < -0.3 is 25.0 Å². The Morgan fingerprint density at radius 3 is 2.52 bits per heavy atom. The second-order valence-electron chi connectivity index (χ2n) is 9.69. The minimum absolute atomic E-state index is 0.0501. The third kappa shape index (κ3) is 5.89. The number of halogens is 2. The number of anilines is 1. The Labute approximate surface area is 244 Å². The van der Waals surface area contributed by atoms with Gasteiger partial charge in [0.25, 0.3) is 5.60 Å². The molecule has 3 N–H and O–H groups in total. The molecule has 3 unspecified atom stereocenters. The summed E-state index contributed by atoms with van der Waals surface area (Å²) in [5, 5.41) is 22.9. The number of carboxylic acids is 2. The van der Waals surface area contributed by atoms with Crippen LogP contribution in [0.3, 0.4) is 0 Å². The number of carbonyl (C=O) groups is 2. The van der Waals surface area contributed by atoms with Crippen LogP contribution in [0.1, 0.15) is 23.8 Å². The zero-order valence-corrected chi connectivity index (χ0v) is 22.7. The van der Waals surface area contributed by atoms with Crippen LogP contribution in [0.5, 0.6) is 0 Å². The number of aromatic nitrogens is 4. The lowest BCUT2D eigenvalue weighted by Gasteiger charge is -2.27. The van der Waals surface area contributed by atoms with Crippen LogP contribution in [-0.2, 0) is 32.0 Å². The van der Waals surface area contributed by atoms with Crippen LogP contribution in [0.4, 0.5) is 10.2 Å². The van der Waals surface area contributed by atoms with Crippen molar-refractivity contribution in [2.24, 2.45) is 5.92 Å². The molecule has 42 heavy (non-hydrogen) atoms. The molecule has 0 radical (unpaired) electrons. The third-order valence-corrected chi connectivity index (χ3v) is 7.18. The van der Waals surface area contributed by atoms with Crippen LogP contribution < -0.4 is 5.32 Å². The number of carboxylic acid groups (broad SMARTS) is 2. The fourth-order valence-electron chi connectivity index (χ4n) is 4.77. The molecule has 13 heteroatoms. The predicted molar refractivity (Wildman–Crippen MR) is 149 cm³/mol. The average molecular weight is 594 g/mol. The van der Waals surface area contributed by atoms with E-state index in [1.54, 1.807) is 47.0 Å². The molecule has 1 fully saturated rings. The minimum Gasteiger partial charge on any atom is -0.479 e. The number of nitrogens with zero attached hydrogens (tertiary/aromatic N) is 4. The van der Waals surface area contributed by atoms with Crippen molar-refractivity contribution in [1.82, 2.24) is 19.5 Å². The summed E-state index contributed by atoms with van der Waals surface area (Å²) in [7, 11) is 0. The number of fused-ring (bicyclic) bond motifs is 1. The van der Waals surface area contributed by atoms with E-state index in [2.05, 4.69) is 26.2 Å². The molecule has 0 bridgehead atoms. The van der Waals surface area contributed by atoms with Gasteiger partial charge in [-0.15, -0.1) is 12.3 Å². The Hall–Kier alpha value is -4.57. The van der Waals surface area contributed by atoms with Crippen molar-refractivity contribution < 1.29 is 33.7 Å². The Kier molecular flexibility index (Phi) is 8.35. The molecule has 1 aliphatic heterocycles. The lowest BCUT2D eigenvalue weighted by molar-refractivity contribution is -0.188. The highest BCUT2D eigenvalue weighted by Gasteiger charge is 2.50. The van der Waals surface area contributed by atoms with Gasteiger partial charge in [-0.2, -0.15) is 9.97 Å². The lowest BCUT2D eigenvalue weighted by Crippen LogP contribution is -2.52. The van der Waals surface area contributed by atoms with Gasteiger partial charge in [0, 0.05) is 19.4 Å². The second kappa shape index (κ2) is 12.1. The van der Waals surface area contributed by atoms with Crippen molar-refractivity contribution in [3.63, 3.8) is 0 Å². The largest absolute Gasteiger partial charge is 0.479 e. The van der Waals surface area contributed by atoms with E-state index in [4.69, 9.17) is 27.5 Å². The highest BCUT2D eigenvalue weighted by molar-refractivity contribution is 6.28. The van der Waals surface area contributed by atoms with Crippen molar-refractivity contribution >= 4 is 40.5 Å². The molecule has 2 aromatic carbocycles. The molecule has 1 aliphatic rings. The number of rotatable bonds is 11. The third-order valence-electron chi connectivity index (χ3n) is 7.01. The van der Waals surface area contributed by atoms with Crippen LogP contribution in [0.15, 0.2) is 60.9 Å². The monoisotopic (exact) mass is 593 g/mol. The molecule has 3 heterocycles. The van der Waals surface area contributed by atoms with Gasteiger partial charge in [-0.3, -0.25) is 4.57 Å². The molecule has 0 spiro atoms. The van der Waals surface area contributed by atoms with Crippen LogP contribution in [0.2, 0.25) is 5.28 Å². The van der Waals surface area contributed by atoms with Gasteiger partial charge in [0.15, 0.2) is 17.0 Å². The standard InChI is InChI=1S/C29H25ClFN5O6/c1-2-19-12-22(42-21(19)15-41-29(26(37)38,27(39)40)13-17-6-4-3-5-7-17)36-16-33-23-24(34-28(30)35-25(23)36)32-14-18-8-10-20(31)11-9-18/h1,3-11,16,19,21-22H,12-15H2,(H,37,38)(H,39,40)(H,32,34,35). The van der Waals surface area contributed by atoms with E-state index in [9.17, 15) is 24.2 Å². The number of benzene rings is 2. The smallest absolute Gasteiger partial charge is 0.348 e. The molecule has 0 saturated carbocycles. The molecular formula is C29H25ClFN5O6. The number of terminal acetylenes is 1. The SMILES string of the molecule is C#CC1CC(n2cnc3c(NCc4ccc(F)cc4)nc(Cl)nc32)OC1COC(Cc1ccccc1)(C(=O)O)C(=O)O. The number of aliphatic carboxylic acids is 2. The van der Waals surface area contributed by atoms with Crippen molar-refractivity contribution in [2.45, 2.75) is 37.3 Å². The summed E-state index contributed by atoms with van der Waals surface area (Å²) >= 11 is 6.21. The molecule has 1 saturated heterocycles. The maximum Gasteiger partial charge on any atom is 0.348 e. The normalized spacial score (nSPS) is 18.5. The van der Waals surface area contributed by atoms with Gasteiger partial charge in [-0.1, -0.05) is 42.5 Å². The summed E-state index contributed by atoms with van der Waals surface area (Å²) in [4.78, 5) is 37.4. The van der Waals surface area contributed by atoms with Gasteiger partial charge in [-0.25, -0.2) is 19.0 Å². The van der Waals surface area contributed by atoms with Crippen LogP contribution >= 0.6 is 11.6 Å². The highest BCUT2D eigenvalue weighted by Crippen LogP contribution is 2.36. The van der Waals surface area contributed by atoms with Gasteiger partial charge in [0.05, 0.1) is 25.0 Å². The van der Waals surface area contributed by atoms with E-state index >= 15 is 0 Å². The Balaban J connectivity index is 1.35. The first kappa shape index (κ1) is 28.9. The average Bonchev–Trinajstić information content (AvgIpc) is 3.59. The molecular weight excluding hydrogens is 569 g/mol. The number of nitrogens with one attached hydrogen (secondary N) is 1. The molecule has 216 valence electrons. The number of imidazole rings is 1. The zero-order valence-electron chi connectivity index (χ0n) is 22.0. The van der Waals surface area contributed by atoms with Crippen LogP contribution in [0, 0.1) is 24.1 Å². The summed E-state index contributed by atoms with van der Waals surface area (Å²) in [6.45, 7) is -0.0599. The fraction of sp³-hybridized carbons (Fsp3) is 0.276. The molecule has 5 rings (SSSR count). The summed E-state index contributed by atoms with van der Waals surface area (Å²) in [5.74, 6) is -1.17. The zero-order chi connectivity index (χ0) is 29.9. The molecule has 0 amide bonds. The van der Waals surface area contributed by atoms with Crippen LogP contribution in [0.25, 0.3) is 11.2 Å². The molecule has 3 atom stereocenters. The first-order chi connectivity index (χ1) is 20.2. The molecule has 2 aromatic heterocycles. The van der Waals surface area contributed by atoms with Crippen LogP contribution in [-0.4, -0.2) is 60.0 Å². The molecule has 11 nitrogen and oxygen atoms in total. The topological polar surface area (TPSA) is 149 Å². The lowest BCUT2D eigenvalue weighted by atomic mass is 9.94. The summed E-state index contributed by atoms with van der Waals surface area (Å²) in [6, 6.07) is 14.3. The maximum atomic E-state index is 13.3. The summed E-state index contributed by atoms with van der Waals surface area (Å²) in [6.07, 6.45) is 5.65. The summed E-state index contributed by atoms with van der Waals surface area (Å²) in [5.41, 5.74) is -0.501. The number of hydrogen-bond acceptors (Lipinski definition) is 8. The summed E-state index contributed by atoms with van der Waals surface area (Å²) < 4.78 is 26.7. The molecule has 4 aromatic rings. The van der Waals surface area contributed by atoms with Crippen molar-refractivity contribution in [3.8, 4) is 12.3 Å². The molecule has 0 aliphatic carbocycles. The van der Waals surface area contributed by atoms with E-state index in [0.717, 1.165) is 5.56 Å². The van der Waals surface area contributed by atoms with Crippen molar-refractivity contribution in [3.05, 3.63) is 83.2 Å². The quantitative estimate of drug-likeness (QED) is 0.133. The van der Waals surface area contributed by atoms with E-state index in [1.165, 1.54) is 18.5 Å². The van der Waals surface area contributed by atoms with Gasteiger partial charge >= 0.3 is 11.9 Å². The fourth-order valence-corrected chi connectivity index (χ4v) is 4.93. The highest BCUT2D eigenvalue weighted by atomic mass is 35.5. The number of hydrogen-bond donors (Lipinski definition) is 3. The first-order valence-corrected chi connectivity index (χ1v) is 13.2. The second-order valence-corrected chi connectivity index (χ2v) is 10.0. The maximum absolute atomic E-state index is 13.3. The minimum atomic E-state index is -2.55. The Bertz CT molecular complexity index is 1630.